The van der Waals surface area contributed by atoms with E-state index in [-0.39, 0.29) is 21.5 Å². The van der Waals surface area contributed by atoms with Crippen molar-refractivity contribution >= 4 is 44.6 Å². The smallest absolute Gasteiger partial charge is 0.245 e. The minimum absolute atomic E-state index is 0.00967. The highest BCUT2D eigenvalue weighted by Crippen LogP contribution is 2.35. The quantitative estimate of drug-likeness (QED) is 0.915. The average molecular weight is 352 g/mol. The summed E-state index contributed by atoms with van der Waals surface area (Å²) in [5, 5.41) is 9.21. The molecule has 0 aliphatic carbocycles. The van der Waals surface area contributed by atoms with E-state index in [0.717, 1.165) is 16.9 Å². The first-order valence-corrected chi connectivity index (χ1v) is 8.51. The first-order valence-electron chi connectivity index (χ1n) is 5.50. The minimum Gasteiger partial charge on any atom is -0.508 e. The summed E-state index contributed by atoms with van der Waals surface area (Å²) in [6.45, 7) is 0.173. The van der Waals surface area contributed by atoms with Gasteiger partial charge in [0, 0.05) is 13.6 Å². The number of hydrogen-bond acceptors (Lipinski definition) is 4. The lowest BCUT2D eigenvalue weighted by atomic mass is 10.2. The molecule has 1 aromatic carbocycles. The van der Waals surface area contributed by atoms with E-state index in [1.807, 2.05) is 0 Å². The maximum atomic E-state index is 12.4. The van der Waals surface area contributed by atoms with E-state index in [0.29, 0.717) is 4.34 Å². The predicted octanol–water partition coefficient (Wildman–Crippen LogP) is 3.58. The van der Waals surface area contributed by atoms with E-state index in [2.05, 4.69) is 0 Å². The molecule has 1 heterocycles. The van der Waals surface area contributed by atoms with Crippen LogP contribution in [0.25, 0.3) is 0 Å². The fourth-order valence-corrected chi connectivity index (χ4v) is 4.88. The number of phenolic OH excluding ortho intramolecular Hbond substituents is 1. The Labute approximate surface area is 131 Å². The van der Waals surface area contributed by atoms with Crippen molar-refractivity contribution < 1.29 is 13.5 Å². The largest absolute Gasteiger partial charge is 0.508 e. The Bertz CT molecular complexity index is 711. The maximum Gasteiger partial charge on any atom is 0.245 e. The number of aromatic hydroxyl groups is 1. The van der Waals surface area contributed by atoms with Crippen LogP contribution in [0, 0.1) is 0 Å². The maximum absolute atomic E-state index is 12.4. The molecule has 0 radical (unpaired) electrons. The summed E-state index contributed by atoms with van der Waals surface area (Å²) in [5.41, 5.74) is 0.756. The monoisotopic (exact) mass is 351 g/mol. The molecule has 0 spiro atoms. The summed E-state index contributed by atoms with van der Waals surface area (Å²) in [4.78, 5) is 0.00967. The molecule has 0 bridgehead atoms. The Morgan fingerprint density at radius 2 is 1.85 bits per heavy atom. The third-order valence-corrected chi connectivity index (χ3v) is 6.21. The molecule has 8 heteroatoms. The van der Waals surface area contributed by atoms with Crippen LogP contribution in [0.2, 0.25) is 8.67 Å². The van der Waals surface area contributed by atoms with Gasteiger partial charge in [0.2, 0.25) is 10.0 Å². The number of rotatable bonds is 4. The molecular weight excluding hydrogens is 341 g/mol. The molecule has 2 aromatic rings. The SMILES string of the molecule is CN(Cc1ccc(O)cc1)S(=O)(=O)c1cc(Cl)sc1Cl. The van der Waals surface area contributed by atoms with Gasteiger partial charge < -0.3 is 5.11 Å². The van der Waals surface area contributed by atoms with Crippen LogP contribution in [-0.2, 0) is 16.6 Å². The molecule has 1 N–H and O–H groups in total. The van der Waals surface area contributed by atoms with E-state index >= 15 is 0 Å². The van der Waals surface area contributed by atoms with Crippen LogP contribution in [0.4, 0.5) is 0 Å². The lowest BCUT2D eigenvalue weighted by molar-refractivity contribution is 0.464. The Hall–Kier alpha value is -0.790. The lowest BCUT2D eigenvalue weighted by Gasteiger charge is -2.16. The van der Waals surface area contributed by atoms with Crippen LogP contribution >= 0.6 is 34.5 Å². The topological polar surface area (TPSA) is 57.6 Å². The highest BCUT2D eigenvalue weighted by atomic mass is 35.5. The number of benzene rings is 1. The van der Waals surface area contributed by atoms with Crippen molar-refractivity contribution in [3.05, 3.63) is 44.6 Å². The number of nitrogens with zero attached hydrogens (tertiary/aromatic N) is 1. The fraction of sp³-hybridized carbons (Fsp3) is 0.167. The highest BCUT2D eigenvalue weighted by Gasteiger charge is 2.25. The zero-order chi connectivity index (χ0) is 14.9. The zero-order valence-corrected chi connectivity index (χ0v) is 13.5. The van der Waals surface area contributed by atoms with Gasteiger partial charge in [-0.3, -0.25) is 0 Å². The molecule has 0 atom stereocenters. The van der Waals surface area contributed by atoms with Crippen LogP contribution in [0.15, 0.2) is 35.2 Å². The standard InChI is InChI=1S/C12H11Cl2NO3S2/c1-15(7-8-2-4-9(16)5-3-8)20(17,18)10-6-11(13)19-12(10)14/h2-6,16H,7H2,1H3. The highest BCUT2D eigenvalue weighted by molar-refractivity contribution is 7.89. The molecule has 0 aliphatic heterocycles. The predicted molar refractivity (Wildman–Crippen MR) is 81.1 cm³/mol. The molecule has 0 unspecified atom stereocenters. The molecule has 0 amide bonds. The van der Waals surface area contributed by atoms with Crippen LogP contribution in [-0.4, -0.2) is 24.9 Å². The Balaban J connectivity index is 2.25. The third kappa shape index (κ3) is 3.27. The van der Waals surface area contributed by atoms with E-state index in [1.165, 1.54) is 29.6 Å². The summed E-state index contributed by atoms with van der Waals surface area (Å²) in [5.74, 6) is 0.131. The third-order valence-electron chi connectivity index (χ3n) is 2.66. The second kappa shape index (κ2) is 5.91. The fourth-order valence-electron chi connectivity index (χ4n) is 1.61. The number of halogens is 2. The van der Waals surface area contributed by atoms with Crippen molar-refractivity contribution in [1.29, 1.82) is 0 Å². The van der Waals surface area contributed by atoms with Crippen LogP contribution in [0.5, 0.6) is 5.75 Å². The van der Waals surface area contributed by atoms with Gasteiger partial charge in [-0.15, -0.1) is 11.3 Å². The normalized spacial score (nSPS) is 12.0. The van der Waals surface area contributed by atoms with Gasteiger partial charge in [-0.05, 0) is 23.8 Å². The Kier molecular flexibility index (Phi) is 4.61. The van der Waals surface area contributed by atoms with Crippen molar-refractivity contribution in [2.24, 2.45) is 0 Å². The van der Waals surface area contributed by atoms with E-state index in [1.54, 1.807) is 12.1 Å². The van der Waals surface area contributed by atoms with Gasteiger partial charge in [-0.2, -0.15) is 4.31 Å². The second-order valence-corrected chi connectivity index (χ2v) is 8.41. The molecule has 20 heavy (non-hydrogen) atoms. The average Bonchev–Trinajstić information content (AvgIpc) is 2.72. The molecule has 0 saturated heterocycles. The Morgan fingerprint density at radius 3 is 2.35 bits per heavy atom. The number of hydrogen-bond donors (Lipinski definition) is 1. The molecule has 2 rings (SSSR count). The van der Waals surface area contributed by atoms with E-state index in [4.69, 9.17) is 23.2 Å². The molecule has 4 nitrogen and oxygen atoms in total. The van der Waals surface area contributed by atoms with Gasteiger partial charge in [-0.1, -0.05) is 35.3 Å². The van der Waals surface area contributed by atoms with Gasteiger partial charge in [0.05, 0.1) is 4.34 Å². The molecule has 1 aromatic heterocycles. The second-order valence-electron chi connectivity index (χ2n) is 4.12. The number of phenols is 1. The summed E-state index contributed by atoms with van der Waals surface area (Å²) < 4.78 is 26.4. The van der Waals surface area contributed by atoms with Crippen molar-refractivity contribution in [2.75, 3.05) is 7.05 Å². The first kappa shape index (κ1) is 15.6. The first-order chi connectivity index (χ1) is 9.30. The van der Waals surface area contributed by atoms with Gasteiger partial charge >= 0.3 is 0 Å². The Morgan fingerprint density at radius 1 is 1.25 bits per heavy atom. The molecule has 0 aliphatic rings. The van der Waals surface area contributed by atoms with Crippen LogP contribution < -0.4 is 0 Å². The van der Waals surface area contributed by atoms with E-state index in [9.17, 15) is 13.5 Å². The van der Waals surface area contributed by atoms with Gasteiger partial charge in [0.25, 0.3) is 0 Å². The van der Waals surface area contributed by atoms with E-state index < -0.39 is 10.0 Å². The van der Waals surface area contributed by atoms with Gasteiger partial charge in [0.1, 0.15) is 15.0 Å². The zero-order valence-electron chi connectivity index (χ0n) is 10.4. The van der Waals surface area contributed by atoms with Crippen molar-refractivity contribution in [3.8, 4) is 5.75 Å². The molecule has 0 fully saturated rings. The van der Waals surface area contributed by atoms with Gasteiger partial charge in [-0.25, -0.2) is 8.42 Å². The summed E-state index contributed by atoms with van der Waals surface area (Å²) in [6, 6.07) is 7.67. The molecular formula is C12H11Cl2NO3S2. The summed E-state index contributed by atoms with van der Waals surface area (Å²) in [6.07, 6.45) is 0. The summed E-state index contributed by atoms with van der Waals surface area (Å²) in [7, 11) is -2.23. The molecule has 0 saturated carbocycles. The summed E-state index contributed by atoms with van der Waals surface area (Å²) >= 11 is 12.7. The van der Waals surface area contributed by atoms with Crippen LogP contribution in [0.3, 0.4) is 0 Å². The number of thiophene rings is 1. The van der Waals surface area contributed by atoms with Crippen molar-refractivity contribution in [2.45, 2.75) is 11.4 Å². The van der Waals surface area contributed by atoms with Crippen molar-refractivity contribution in [3.63, 3.8) is 0 Å². The lowest BCUT2D eigenvalue weighted by Crippen LogP contribution is -2.26. The van der Waals surface area contributed by atoms with Crippen molar-refractivity contribution in [1.82, 2.24) is 4.31 Å². The number of sulfonamides is 1. The van der Waals surface area contributed by atoms with Gasteiger partial charge in [0.15, 0.2) is 0 Å². The molecule has 108 valence electrons. The minimum atomic E-state index is -3.69. The van der Waals surface area contributed by atoms with Crippen LogP contribution in [0.1, 0.15) is 5.56 Å².